The summed E-state index contributed by atoms with van der Waals surface area (Å²) in [6.45, 7) is 0. The van der Waals surface area contributed by atoms with Gasteiger partial charge in [0, 0.05) is 15.8 Å². The molecule has 2 aromatic heterocycles. The summed E-state index contributed by atoms with van der Waals surface area (Å²) in [5.74, 6) is 0.578. The zero-order valence-electron chi connectivity index (χ0n) is 10.4. The molecule has 0 amide bonds. The normalized spacial score (nSPS) is 11.1. The van der Waals surface area contributed by atoms with Gasteiger partial charge < -0.3 is 10.7 Å². The largest absolute Gasteiger partial charge is 0.375 e. The molecule has 9 heteroatoms. The van der Waals surface area contributed by atoms with Gasteiger partial charge in [0.05, 0.1) is 0 Å². The molecule has 0 unspecified atom stereocenters. The number of halogens is 2. The molecule has 0 bridgehead atoms. The minimum atomic E-state index is -0.235. The van der Waals surface area contributed by atoms with Crippen LogP contribution in [0.25, 0.3) is 10.3 Å². The zero-order chi connectivity index (χ0) is 15.0. The van der Waals surface area contributed by atoms with Crippen molar-refractivity contribution < 1.29 is 0 Å². The average Bonchev–Trinajstić information content (AvgIpc) is 2.76. The Morgan fingerprint density at radius 2 is 1.95 bits per heavy atom. The van der Waals surface area contributed by atoms with E-state index in [-0.39, 0.29) is 5.56 Å². The Balaban J connectivity index is 1.86. The maximum absolute atomic E-state index is 11.9. The highest BCUT2D eigenvalue weighted by atomic mass is 35.5. The van der Waals surface area contributed by atoms with Gasteiger partial charge in [-0.25, -0.2) is 9.97 Å². The van der Waals surface area contributed by atoms with Crippen molar-refractivity contribution in [2.45, 2.75) is 10.9 Å². The van der Waals surface area contributed by atoms with Gasteiger partial charge in [-0.15, -0.1) is 0 Å². The number of nitrogen functional groups attached to an aromatic ring is 1. The topological polar surface area (TPSA) is 84.7 Å². The Labute approximate surface area is 137 Å². The van der Waals surface area contributed by atoms with E-state index in [1.807, 2.05) is 12.1 Å². The molecule has 0 fully saturated rings. The van der Waals surface area contributed by atoms with E-state index in [1.54, 1.807) is 6.07 Å². The Bertz CT molecular complexity index is 857. The second-order valence-electron chi connectivity index (χ2n) is 4.14. The number of rotatable bonds is 3. The second-order valence-corrected chi connectivity index (χ2v) is 7.01. The number of anilines is 1. The van der Waals surface area contributed by atoms with Crippen molar-refractivity contribution in [2.75, 3.05) is 5.73 Å². The highest BCUT2D eigenvalue weighted by Crippen LogP contribution is 2.26. The molecule has 0 atom stereocenters. The van der Waals surface area contributed by atoms with Crippen molar-refractivity contribution >= 4 is 61.8 Å². The molecule has 3 rings (SSSR count). The lowest BCUT2D eigenvalue weighted by Gasteiger charge is -2.03. The Morgan fingerprint density at radius 1 is 1.24 bits per heavy atom. The summed E-state index contributed by atoms with van der Waals surface area (Å²) in [5, 5.41) is 1.95. The third kappa shape index (κ3) is 3.32. The molecule has 0 spiro atoms. The molecule has 0 radical (unpaired) electrons. The Morgan fingerprint density at radius 3 is 2.67 bits per heavy atom. The van der Waals surface area contributed by atoms with Crippen LogP contribution < -0.4 is 11.3 Å². The van der Waals surface area contributed by atoms with Gasteiger partial charge >= 0.3 is 0 Å². The van der Waals surface area contributed by atoms with Crippen molar-refractivity contribution in [2.24, 2.45) is 0 Å². The lowest BCUT2D eigenvalue weighted by atomic mass is 10.2. The van der Waals surface area contributed by atoms with Gasteiger partial charge in [-0.05, 0) is 23.8 Å². The van der Waals surface area contributed by atoms with Crippen LogP contribution in [0.5, 0.6) is 0 Å². The lowest BCUT2D eigenvalue weighted by molar-refractivity contribution is 0.968. The number of hydrogen-bond donors (Lipinski definition) is 2. The number of nitrogens with zero attached hydrogens (tertiary/aromatic N) is 2. The van der Waals surface area contributed by atoms with Crippen LogP contribution in [-0.4, -0.2) is 15.0 Å². The van der Waals surface area contributed by atoms with E-state index in [0.717, 1.165) is 16.9 Å². The van der Waals surface area contributed by atoms with Crippen molar-refractivity contribution in [1.29, 1.82) is 0 Å². The molecule has 1 aromatic carbocycles. The molecule has 0 saturated carbocycles. The predicted molar refractivity (Wildman–Crippen MR) is 88.5 cm³/mol. The molecular weight excluding hydrogens is 351 g/mol. The van der Waals surface area contributed by atoms with E-state index in [1.165, 1.54) is 11.8 Å². The first-order chi connectivity index (χ1) is 10.0. The first-order valence-electron chi connectivity index (χ1n) is 5.75. The molecule has 3 N–H and O–H groups in total. The zero-order valence-corrected chi connectivity index (χ0v) is 13.5. The van der Waals surface area contributed by atoms with Gasteiger partial charge in [-0.2, -0.15) is 0 Å². The van der Waals surface area contributed by atoms with Gasteiger partial charge in [0.25, 0.3) is 5.56 Å². The first-order valence-corrected chi connectivity index (χ1v) is 8.31. The fraction of sp³-hybridized carbons (Fsp3) is 0.0833. The molecule has 0 saturated heterocycles. The number of aromatic nitrogens is 3. The number of aromatic amines is 1. The maximum Gasteiger partial charge on any atom is 0.271 e. The van der Waals surface area contributed by atoms with Crippen molar-refractivity contribution in [1.82, 2.24) is 15.0 Å². The van der Waals surface area contributed by atoms with E-state index >= 15 is 0 Å². The summed E-state index contributed by atoms with van der Waals surface area (Å²) in [5.41, 5.74) is 6.66. The van der Waals surface area contributed by atoms with E-state index in [4.69, 9.17) is 28.9 Å². The highest BCUT2D eigenvalue weighted by molar-refractivity contribution is 7.98. The summed E-state index contributed by atoms with van der Waals surface area (Å²) >= 11 is 14.4. The van der Waals surface area contributed by atoms with Crippen molar-refractivity contribution in [3.63, 3.8) is 0 Å². The minimum absolute atomic E-state index is 0.235. The highest BCUT2D eigenvalue weighted by Gasteiger charge is 2.09. The van der Waals surface area contributed by atoms with Crippen LogP contribution in [0.1, 0.15) is 5.56 Å². The first kappa shape index (κ1) is 14.6. The summed E-state index contributed by atoms with van der Waals surface area (Å²) in [6.07, 6.45) is 0. The van der Waals surface area contributed by atoms with Crippen LogP contribution in [0.15, 0.2) is 28.2 Å². The molecule has 0 aliphatic carbocycles. The average molecular weight is 359 g/mol. The summed E-state index contributed by atoms with van der Waals surface area (Å²) < 4.78 is 0.433. The van der Waals surface area contributed by atoms with E-state index in [9.17, 15) is 4.79 Å². The molecule has 21 heavy (non-hydrogen) atoms. The number of nitrogens with two attached hydrogens (primary N) is 1. The molecule has 2 heterocycles. The minimum Gasteiger partial charge on any atom is -0.375 e. The van der Waals surface area contributed by atoms with Crippen LogP contribution in [0.2, 0.25) is 10.0 Å². The fourth-order valence-electron chi connectivity index (χ4n) is 1.74. The van der Waals surface area contributed by atoms with Crippen LogP contribution in [-0.2, 0) is 5.75 Å². The second kappa shape index (κ2) is 5.84. The number of thiazole rings is 1. The number of H-pyrrole nitrogens is 1. The van der Waals surface area contributed by atoms with Gasteiger partial charge in [0.2, 0.25) is 0 Å². The van der Waals surface area contributed by atoms with E-state index in [2.05, 4.69) is 15.0 Å². The number of nitrogens with one attached hydrogen (secondary N) is 1. The lowest BCUT2D eigenvalue weighted by Crippen LogP contribution is -2.07. The quantitative estimate of drug-likeness (QED) is 0.552. The number of hydrogen-bond acceptors (Lipinski definition) is 6. The van der Waals surface area contributed by atoms with Crippen LogP contribution in [0.4, 0.5) is 5.13 Å². The van der Waals surface area contributed by atoms with Crippen LogP contribution in [0.3, 0.4) is 0 Å². The predicted octanol–water partition coefficient (Wildman–Crippen LogP) is 3.56. The third-order valence-corrected chi connectivity index (χ3v) is 4.81. The summed E-state index contributed by atoms with van der Waals surface area (Å²) in [6, 6.07) is 5.30. The Hall–Kier alpha value is -1.28. The summed E-state index contributed by atoms with van der Waals surface area (Å²) in [7, 11) is 0. The van der Waals surface area contributed by atoms with E-state index < -0.39 is 0 Å². The fourth-order valence-corrected chi connectivity index (χ4v) is 3.77. The van der Waals surface area contributed by atoms with Crippen LogP contribution >= 0.6 is 46.3 Å². The maximum atomic E-state index is 11.9. The molecule has 108 valence electrons. The third-order valence-electron chi connectivity index (χ3n) is 2.56. The molecule has 0 aliphatic heterocycles. The summed E-state index contributed by atoms with van der Waals surface area (Å²) in [4.78, 5) is 22.9. The number of fused-ring (bicyclic) bond motifs is 1. The van der Waals surface area contributed by atoms with E-state index in [0.29, 0.717) is 36.4 Å². The standard InChI is InChI=1S/C12H8Cl2N4OS2/c13-6-1-5(2-7(14)3-6)4-20-12-17-9-8(10(19)18-12)21-11(15)16-9/h1-3H,4H2,(H3,15,16,17,18,19). The van der Waals surface area contributed by atoms with Gasteiger partial charge in [-0.1, -0.05) is 46.3 Å². The molecule has 3 aromatic rings. The number of benzene rings is 1. The molecular formula is C12H8Cl2N4OS2. The SMILES string of the molecule is Nc1nc2nc(SCc3cc(Cl)cc(Cl)c3)[nH]c(=O)c2s1. The van der Waals surface area contributed by atoms with Crippen LogP contribution in [0, 0.1) is 0 Å². The van der Waals surface area contributed by atoms with Crippen molar-refractivity contribution in [3.05, 3.63) is 44.2 Å². The monoisotopic (exact) mass is 358 g/mol. The van der Waals surface area contributed by atoms with Gasteiger partial charge in [-0.3, -0.25) is 4.79 Å². The Kier molecular flexibility index (Phi) is 4.08. The van der Waals surface area contributed by atoms with Gasteiger partial charge in [0.15, 0.2) is 15.9 Å². The molecule has 5 nitrogen and oxygen atoms in total. The smallest absolute Gasteiger partial charge is 0.271 e. The van der Waals surface area contributed by atoms with Crippen molar-refractivity contribution in [3.8, 4) is 0 Å². The molecule has 0 aliphatic rings. The number of thioether (sulfide) groups is 1. The van der Waals surface area contributed by atoms with Gasteiger partial charge in [0.1, 0.15) is 4.70 Å².